The second kappa shape index (κ2) is 7.63. The van der Waals surface area contributed by atoms with E-state index in [-0.39, 0.29) is 5.91 Å². The number of hydrogen-bond donors (Lipinski definition) is 2. The molecule has 0 unspecified atom stereocenters. The van der Waals surface area contributed by atoms with Gasteiger partial charge in [-0.05, 0) is 31.1 Å². The SMILES string of the molecule is CNCCC=Cc1ccc(CC(=O)NC)cc1. The molecule has 0 saturated heterocycles. The minimum atomic E-state index is 0.0438. The number of benzene rings is 1. The normalized spacial score (nSPS) is 10.7. The van der Waals surface area contributed by atoms with E-state index in [9.17, 15) is 4.79 Å². The molecule has 0 bridgehead atoms. The molecule has 92 valence electrons. The van der Waals surface area contributed by atoms with E-state index in [1.807, 2.05) is 31.3 Å². The number of carbonyl (C=O) groups is 1. The van der Waals surface area contributed by atoms with Crippen molar-refractivity contribution in [2.24, 2.45) is 0 Å². The summed E-state index contributed by atoms with van der Waals surface area (Å²) in [6.45, 7) is 0.991. The molecule has 1 amide bonds. The van der Waals surface area contributed by atoms with Crippen LogP contribution in [0, 0.1) is 0 Å². The van der Waals surface area contributed by atoms with Gasteiger partial charge in [0.25, 0.3) is 0 Å². The van der Waals surface area contributed by atoms with Crippen LogP contribution < -0.4 is 10.6 Å². The summed E-state index contributed by atoms with van der Waals surface area (Å²) in [4.78, 5) is 11.2. The first-order valence-electron chi connectivity index (χ1n) is 5.87. The van der Waals surface area contributed by atoms with Crippen LogP contribution in [0.25, 0.3) is 6.08 Å². The predicted octanol–water partition coefficient (Wildman–Crippen LogP) is 1.60. The van der Waals surface area contributed by atoms with Crippen LogP contribution in [-0.2, 0) is 11.2 Å². The average Bonchev–Trinajstić information content (AvgIpc) is 2.36. The van der Waals surface area contributed by atoms with Gasteiger partial charge < -0.3 is 10.6 Å². The van der Waals surface area contributed by atoms with Crippen LogP contribution in [-0.4, -0.2) is 26.5 Å². The van der Waals surface area contributed by atoms with E-state index in [2.05, 4.69) is 22.8 Å². The number of amides is 1. The maximum Gasteiger partial charge on any atom is 0.224 e. The fourth-order valence-electron chi connectivity index (χ4n) is 1.47. The van der Waals surface area contributed by atoms with Crippen LogP contribution in [0.4, 0.5) is 0 Å². The molecule has 2 N–H and O–H groups in total. The zero-order valence-corrected chi connectivity index (χ0v) is 10.5. The first kappa shape index (κ1) is 13.5. The first-order chi connectivity index (χ1) is 8.26. The Balaban J connectivity index is 2.50. The molecule has 1 aromatic carbocycles. The lowest BCUT2D eigenvalue weighted by Gasteiger charge is -2.01. The molecular formula is C14H20N2O. The van der Waals surface area contributed by atoms with Gasteiger partial charge in [-0.2, -0.15) is 0 Å². The summed E-state index contributed by atoms with van der Waals surface area (Å²) in [6.07, 6.45) is 5.71. The van der Waals surface area contributed by atoms with Gasteiger partial charge in [-0.15, -0.1) is 0 Å². The molecule has 0 aliphatic heterocycles. The number of likely N-dealkylation sites (N-methyl/N-ethyl adjacent to an activating group) is 1. The van der Waals surface area contributed by atoms with Crippen molar-refractivity contribution in [3.05, 3.63) is 41.5 Å². The van der Waals surface area contributed by atoms with Gasteiger partial charge in [0.15, 0.2) is 0 Å². The van der Waals surface area contributed by atoms with Crippen molar-refractivity contribution in [2.75, 3.05) is 20.6 Å². The van der Waals surface area contributed by atoms with Crippen LogP contribution in [0.5, 0.6) is 0 Å². The van der Waals surface area contributed by atoms with Gasteiger partial charge in [-0.1, -0.05) is 36.4 Å². The Hall–Kier alpha value is -1.61. The van der Waals surface area contributed by atoms with Crippen molar-refractivity contribution in [1.82, 2.24) is 10.6 Å². The molecule has 0 radical (unpaired) electrons. The smallest absolute Gasteiger partial charge is 0.224 e. The van der Waals surface area contributed by atoms with E-state index < -0.39 is 0 Å². The molecule has 0 aliphatic carbocycles. The molecule has 3 nitrogen and oxygen atoms in total. The summed E-state index contributed by atoms with van der Waals surface area (Å²) in [7, 11) is 3.60. The van der Waals surface area contributed by atoms with E-state index in [0.29, 0.717) is 6.42 Å². The number of carbonyl (C=O) groups excluding carboxylic acids is 1. The number of rotatable bonds is 6. The second-order valence-electron chi connectivity index (χ2n) is 3.89. The molecule has 0 aliphatic rings. The van der Waals surface area contributed by atoms with Crippen LogP contribution in [0.1, 0.15) is 17.5 Å². The molecule has 0 aromatic heterocycles. The van der Waals surface area contributed by atoms with E-state index >= 15 is 0 Å². The van der Waals surface area contributed by atoms with Crippen molar-refractivity contribution in [3.8, 4) is 0 Å². The van der Waals surface area contributed by atoms with Crippen molar-refractivity contribution >= 4 is 12.0 Å². The maximum absolute atomic E-state index is 11.2. The molecule has 1 aromatic rings. The largest absolute Gasteiger partial charge is 0.359 e. The zero-order valence-electron chi connectivity index (χ0n) is 10.5. The average molecular weight is 232 g/mol. The highest BCUT2D eigenvalue weighted by atomic mass is 16.1. The quantitative estimate of drug-likeness (QED) is 0.731. The van der Waals surface area contributed by atoms with Gasteiger partial charge in [0, 0.05) is 7.05 Å². The number of hydrogen-bond acceptors (Lipinski definition) is 2. The van der Waals surface area contributed by atoms with Crippen LogP contribution in [0.3, 0.4) is 0 Å². The van der Waals surface area contributed by atoms with E-state index in [1.165, 1.54) is 5.56 Å². The van der Waals surface area contributed by atoms with Crippen LogP contribution in [0.15, 0.2) is 30.3 Å². The van der Waals surface area contributed by atoms with Gasteiger partial charge in [-0.3, -0.25) is 4.79 Å². The third-order valence-electron chi connectivity index (χ3n) is 2.49. The van der Waals surface area contributed by atoms with Gasteiger partial charge >= 0.3 is 0 Å². The fourth-order valence-corrected chi connectivity index (χ4v) is 1.47. The molecule has 0 fully saturated rings. The summed E-state index contributed by atoms with van der Waals surface area (Å²) in [5, 5.41) is 5.71. The van der Waals surface area contributed by atoms with Gasteiger partial charge in [0.05, 0.1) is 6.42 Å². The summed E-state index contributed by atoms with van der Waals surface area (Å²) in [6, 6.07) is 8.06. The van der Waals surface area contributed by atoms with Crippen molar-refractivity contribution in [1.29, 1.82) is 0 Å². The van der Waals surface area contributed by atoms with Gasteiger partial charge in [0.2, 0.25) is 5.91 Å². The highest BCUT2D eigenvalue weighted by Crippen LogP contribution is 2.07. The van der Waals surface area contributed by atoms with Gasteiger partial charge in [0.1, 0.15) is 0 Å². The minimum absolute atomic E-state index is 0.0438. The second-order valence-corrected chi connectivity index (χ2v) is 3.89. The Morgan fingerprint density at radius 3 is 2.53 bits per heavy atom. The summed E-state index contributed by atoms with van der Waals surface area (Å²) in [5.41, 5.74) is 2.21. The van der Waals surface area contributed by atoms with E-state index in [1.54, 1.807) is 7.05 Å². The Morgan fingerprint density at radius 2 is 1.94 bits per heavy atom. The van der Waals surface area contributed by atoms with Crippen LogP contribution >= 0.6 is 0 Å². The summed E-state index contributed by atoms with van der Waals surface area (Å²) < 4.78 is 0. The lowest BCUT2D eigenvalue weighted by Crippen LogP contribution is -2.19. The lowest BCUT2D eigenvalue weighted by molar-refractivity contribution is -0.119. The summed E-state index contributed by atoms with van der Waals surface area (Å²) >= 11 is 0. The standard InChI is InChI=1S/C14H20N2O/c1-15-10-4-3-5-12-6-8-13(9-7-12)11-14(17)16-2/h3,5-9,15H,4,10-11H2,1-2H3,(H,16,17). The molecular weight excluding hydrogens is 212 g/mol. The number of nitrogens with one attached hydrogen (secondary N) is 2. The molecule has 17 heavy (non-hydrogen) atoms. The monoisotopic (exact) mass is 232 g/mol. The first-order valence-corrected chi connectivity index (χ1v) is 5.87. The Bertz CT molecular complexity index is 368. The molecule has 1 rings (SSSR count). The minimum Gasteiger partial charge on any atom is -0.359 e. The molecule has 3 heteroatoms. The molecule has 0 spiro atoms. The van der Waals surface area contributed by atoms with Crippen LogP contribution in [0.2, 0.25) is 0 Å². The summed E-state index contributed by atoms with van der Waals surface area (Å²) in [5.74, 6) is 0.0438. The third-order valence-corrected chi connectivity index (χ3v) is 2.49. The van der Waals surface area contributed by atoms with Crippen molar-refractivity contribution in [2.45, 2.75) is 12.8 Å². The van der Waals surface area contributed by atoms with E-state index in [4.69, 9.17) is 0 Å². The maximum atomic E-state index is 11.2. The Kier molecular flexibility index (Phi) is 6.04. The predicted molar refractivity (Wildman–Crippen MR) is 71.8 cm³/mol. The topological polar surface area (TPSA) is 41.1 Å². The fraction of sp³-hybridized carbons (Fsp3) is 0.357. The van der Waals surface area contributed by atoms with Crippen molar-refractivity contribution in [3.63, 3.8) is 0 Å². The Morgan fingerprint density at radius 1 is 1.24 bits per heavy atom. The lowest BCUT2D eigenvalue weighted by atomic mass is 10.1. The van der Waals surface area contributed by atoms with Gasteiger partial charge in [-0.25, -0.2) is 0 Å². The molecule has 0 heterocycles. The van der Waals surface area contributed by atoms with E-state index in [0.717, 1.165) is 18.5 Å². The van der Waals surface area contributed by atoms with Crippen molar-refractivity contribution < 1.29 is 4.79 Å². The molecule has 0 saturated carbocycles. The molecule has 0 atom stereocenters. The highest BCUT2D eigenvalue weighted by Gasteiger charge is 1.99. The third kappa shape index (κ3) is 5.31. The Labute approximate surface area is 103 Å². The highest BCUT2D eigenvalue weighted by molar-refractivity contribution is 5.78. The zero-order chi connectivity index (χ0) is 12.5.